The number of ether oxygens (including phenoxy) is 1. The SMILES string of the molecule is CC(C)(CO)CNc1cccc(OC(F)F)c1. The van der Waals surface area contributed by atoms with Gasteiger partial charge in [0.05, 0.1) is 0 Å². The molecule has 0 atom stereocenters. The Labute approximate surface area is 99.4 Å². The summed E-state index contributed by atoms with van der Waals surface area (Å²) >= 11 is 0. The minimum atomic E-state index is -2.82. The monoisotopic (exact) mass is 245 g/mol. The van der Waals surface area contributed by atoms with Gasteiger partial charge >= 0.3 is 6.61 Å². The quantitative estimate of drug-likeness (QED) is 0.809. The van der Waals surface area contributed by atoms with Crippen LogP contribution in [-0.4, -0.2) is 24.9 Å². The Balaban J connectivity index is 2.60. The van der Waals surface area contributed by atoms with Crippen LogP contribution in [0.5, 0.6) is 5.75 Å². The van der Waals surface area contributed by atoms with Crippen LogP contribution in [0.1, 0.15) is 13.8 Å². The van der Waals surface area contributed by atoms with Crippen molar-refractivity contribution in [2.24, 2.45) is 5.41 Å². The van der Waals surface area contributed by atoms with Gasteiger partial charge in [0.2, 0.25) is 0 Å². The second kappa shape index (κ2) is 5.82. The summed E-state index contributed by atoms with van der Waals surface area (Å²) in [6.45, 7) is 1.58. The third-order valence-corrected chi connectivity index (χ3v) is 2.26. The summed E-state index contributed by atoms with van der Waals surface area (Å²) in [7, 11) is 0. The highest BCUT2D eigenvalue weighted by atomic mass is 19.3. The summed E-state index contributed by atoms with van der Waals surface area (Å²) in [5, 5.41) is 12.1. The highest BCUT2D eigenvalue weighted by Gasteiger charge is 2.15. The first kappa shape index (κ1) is 13.7. The van der Waals surface area contributed by atoms with Crippen LogP contribution in [0.4, 0.5) is 14.5 Å². The lowest BCUT2D eigenvalue weighted by atomic mass is 9.95. The minimum absolute atomic E-state index is 0.0488. The van der Waals surface area contributed by atoms with Gasteiger partial charge in [-0.15, -0.1) is 0 Å². The lowest BCUT2D eigenvalue weighted by Gasteiger charge is -2.22. The van der Waals surface area contributed by atoms with Gasteiger partial charge in [-0.05, 0) is 12.1 Å². The molecule has 0 spiro atoms. The van der Waals surface area contributed by atoms with E-state index in [0.717, 1.165) is 0 Å². The standard InChI is InChI=1S/C12H17F2NO2/c1-12(2,8-16)7-15-9-4-3-5-10(6-9)17-11(13)14/h3-6,11,15-16H,7-8H2,1-2H3. The third kappa shape index (κ3) is 4.99. The lowest BCUT2D eigenvalue weighted by molar-refractivity contribution is -0.0498. The highest BCUT2D eigenvalue weighted by molar-refractivity contribution is 5.48. The molecule has 0 bridgehead atoms. The average molecular weight is 245 g/mol. The molecule has 1 rings (SSSR count). The van der Waals surface area contributed by atoms with E-state index in [1.165, 1.54) is 12.1 Å². The van der Waals surface area contributed by atoms with Gasteiger partial charge in [0.1, 0.15) is 5.75 Å². The van der Waals surface area contributed by atoms with Gasteiger partial charge in [0.25, 0.3) is 0 Å². The first-order valence-electron chi connectivity index (χ1n) is 5.32. The fraction of sp³-hybridized carbons (Fsp3) is 0.500. The van der Waals surface area contributed by atoms with Crippen molar-refractivity contribution in [3.05, 3.63) is 24.3 Å². The molecular formula is C12H17F2NO2. The molecule has 0 radical (unpaired) electrons. The van der Waals surface area contributed by atoms with Crippen molar-refractivity contribution in [1.29, 1.82) is 0 Å². The molecule has 0 saturated carbocycles. The molecule has 5 heteroatoms. The Morgan fingerprint density at radius 3 is 2.71 bits per heavy atom. The van der Waals surface area contributed by atoms with Crippen molar-refractivity contribution in [3.8, 4) is 5.75 Å². The number of rotatable bonds is 6. The molecule has 0 fully saturated rings. The number of halogens is 2. The number of anilines is 1. The average Bonchev–Trinajstić information content (AvgIpc) is 2.26. The Hall–Kier alpha value is -1.36. The molecule has 96 valence electrons. The summed E-state index contributed by atoms with van der Waals surface area (Å²) < 4.78 is 28.3. The molecule has 0 saturated heterocycles. The maximum absolute atomic E-state index is 12.0. The number of nitrogens with one attached hydrogen (secondary N) is 1. The number of aliphatic hydroxyl groups excluding tert-OH is 1. The second-order valence-electron chi connectivity index (χ2n) is 4.58. The number of aliphatic hydroxyl groups is 1. The molecule has 2 N–H and O–H groups in total. The number of hydrogen-bond donors (Lipinski definition) is 2. The van der Waals surface area contributed by atoms with Crippen LogP contribution < -0.4 is 10.1 Å². The minimum Gasteiger partial charge on any atom is -0.435 e. The topological polar surface area (TPSA) is 41.5 Å². The van der Waals surface area contributed by atoms with Crippen LogP contribution in [0.3, 0.4) is 0 Å². The summed E-state index contributed by atoms with van der Waals surface area (Å²) in [6, 6.07) is 6.35. The Morgan fingerprint density at radius 2 is 2.12 bits per heavy atom. The molecule has 3 nitrogen and oxygen atoms in total. The van der Waals surface area contributed by atoms with Crippen molar-refractivity contribution >= 4 is 5.69 Å². The fourth-order valence-corrected chi connectivity index (χ4v) is 1.18. The van der Waals surface area contributed by atoms with Crippen LogP contribution in [-0.2, 0) is 0 Å². The van der Waals surface area contributed by atoms with Crippen LogP contribution in [0.15, 0.2) is 24.3 Å². The normalized spacial score (nSPS) is 11.6. The summed E-state index contributed by atoms with van der Waals surface area (Å²) in [4.78, 5) is 0. The van der Waals surface area contributed by atoms with E-state index in [9.17, 15) is 8.78 Å². The van der Waals surface area contributed by atoms with Gasteiger partial charge in [0, 0.05) is 30.3 Å². The van der Waals surface area contributed by atoms with Crippen LogP contribution in [0.25, 0.3) is 0 Å². The van der Waals surface area contributed by atoms with Crippen molar-refractivity contribution < 1.29 is 18.6 Å². The molecule has 0 amide bonds. The molecule has 0 aliphatic heterocycles. The molecule has 0 unspecified atom stereocenters. The van der Waals surface area contributed by atoms with Crippen molar-refractivity contribution in [2.45, 2.75) is 20.5 Å². The molecular weight excluding hydrogens is 228 g/mol. The molecule has 17 heavy (non-hydrogen) atoms. The summed E-state index contributed by atoms with van der Waals surface area (Å²) in [5.74, 6) is 0.117. The van der Waals surface area contributed by atoms with Gasteiger partial charge in [-0.2, -0.15) is 8.78 Å². The Bertz CT molecular complexity index is 356. The van der Waals surface area contributed by atoms with Crippen LogP contribution in [0, 0.1) is 5.41 Å². The lowest BCUT2D eigenvalue weighted by Crippen LogP contribution is -2.26. The van der Waals surface area contributed by atoms with Gasteiger partial charge in [-0.3, -0.25) is 0 Å². The van der Waals surface area contributed by atoms with Gasteiger partial charge in [0.15, 0.2) is 0 Å². The molecule has 1 aromatic carbocycles. The molecule has 0 aliphatic carbocycles. The van der Waals surface area contributed by atoms with E-state index in [2.05, 4.69) is 10.1 Å². The van der Waals surface area contributed by atoms with E-state index in [1.54, 1.807) is 12.1 Å². The zero-order valence-electron chi connectivity index (χ0n) is 9.91. The summed E-state index contributed by atoms with van der Waals surface area (Å²) in [6.07, 6.45) is 0. The molecule has 1 aromatic rings. The van der Waals surface area contributed by atoms with E-state index in [1.807, 2.05) is 13.8 Å². The first-order chi connectivity index (χ1) is 7.93. The van der Waals surface area contributed by atoms with Gasteiger partial charge < -0.3 is 15.2 Å². The maximum atomic E-state index is 12.0. The number of benzene rings is 1. The summed E-state index contributed by atoms with van der Waals surface area (Å²) in [5.41, 5.74) is 0.421. The first-order valence-corrected chi connectivity index (χ1v) is 5.32. The predicted octanol–water partition coefficient (Wildman–Crippen LogP) is 2.72. The number of hydrogen-bond acceptors (Lipinski definition) is 3. The largest absolute Gasteiger partial charge is 0.435 e. The van der Waals surface area contributed by atoms with Crippen LogP contribution >= 0.6 is 0 Å². The Kier molecular flexibility index (Phi) is 4.69. The van der Waals surface area contributed by atoms with E-state index >= 15 is 0 Å². The van der Waals surface area contributed by atoms with Crippen LogP contribution in [0.2, 0.25) is 0 Å². The Morgan fingerprint density at radius 1 is 1.41 bits per heavy atom. The zero-order chi connectivity index (χ0) is 12.9. The van der Waals surface area contributed by atoms with E-state index in [0.29, 0.717) is 12.2 Å². The highest BCUT2D eigenvalue weighted by Crippen LogP contribution is 2.21. The molecule has 0 heterocycles. The van der Waals surface area contributed by atoms with Crippen molar-refractivity contribution in [3.63, 3.8) is 0 Å². The zero-order valence-corrected chi connectivity index (χ0v) is 9.91. The molecule has 0 aromatic heterocycles. The van der Waals surface area contributed by atoms with Gasteiger partial charge in [-0.25, -0.2) is 0 Å². The van der Waals surface area contributed by atoms with E-state index in [-0.39, 0.29) is 17.8 Å². The second-order valence-corrected chi connectivity index (χ2v) is 4.58. The van der Waals surface area contributed by atoms with Gasteiger partial charge in [-0.1, -0.05) is 19.9 Å². The van der Waals surface area contributed by atoms with Crippen molar-refractivity contribution in [2.75, 3.05) is 18.5 Å². The van der Waals surface area contributed by atoms with E-state index < -0.39 is 6.61 Å². The molecule has 0 aliphatic rings. The predicted molar refractivity (Wildman–Crippen MR) is 62.4 cm³/mol. The third-order valence-electron chi connectivity index (χ3n) is 2.26. The fourth-order valence-electron chi connectivity index (χ4n) is 1.18. The number of alkyl halides is 2. The smallest absolute Gasteiger partial charge is 0.387 e. The maximum Gasteiger partial charge on any atom is 0.387 e. The van der Waals surface area contributed by atoms with E-state index in [4.69, 9.17) is 5.11 Å². The van der Waals surface area contributed by atoms with Crippen molar-refractivity contribution in [1.82, 2.24) is 0 Å².